The maximum absolute atomic E-state index is 12.9. The number of para-hydroxylation sites is 2. The number of nitrogens with one attached hydrogen (secondary N) is 1. The molecule has 5 heteroatoms. The van der Waals surface area contributed by atoms with Gasteiger partial charge in [-0.15, -0.1) is 0 Å². The van der Waals surface area contributed by atoms with Gasteiger partial charge in [-0.3, -0.25) is 9.59 Å². The Balaban J connectivity index is 1.34. The zero-order valence-corrected chi connectivity index (χ0v) is 23.5. The molecular formula is C36H35NO4. The highest BCUT2D eigenvalue weighted by atomic mass is 16.5. The highest BCUT2D eigenvalue weighted by Crippen LogP contribution is 2.23. The molecule has 0 spiro atoms. The van der Waals surface area contributed by atoms with E-state index in [4.69, 9.17) is 9.47 Å². The number of benzene rings is 4. The lowest BCUT2D eigenvalue weighted by Gasteiger charge is -2.15. The Bertz CT molecular complexity index is 1500. The van der Waals surface area contributed by atoms with E-state index in [9.17, 15) is 9.59 Å². The van der Waals surface area contributed by atoms with Crippen molar-refractivity contribution in [2.75, 3.05) is 18.5 Å². The number of aryl methyl sites for hydroxylation is 2. The lowest BCUT2D eigenvalue weighted by Crippen LogP contribution is -2.21. The van der Waals surface area contributed by atoms with Crippen LogP contribution < -0.4 is 14.8 Å². The standard InChI is InChI=1S/C36H35NO4/c1-3-28-17-10-18-29(4-2)36(28)37-35(39)26-41-32-20-11-19-31(25-32)33(38)23-22-30-16-8-9-21-34(30)40-24-12-15-27-13-6-5-7-14-27/h5-23,25H,3-4,24,26H2,1-2H3,(H,37,39). The van der Waals surface area contributed by atoms with E-state index in [0.29, 0.717) is 23.7 Å². The van der Waals surface area contributed by atoms with Gasteiger partial charge in [0.25, 0.3) is 5.91 Å². The minimum atomic E-state index is -0.243. The number of allylic oxidation sites excluding steroid dienone is 1. The monoisotopic (exact) mass is 545 g/mol. The number of carbonyl (C=O) groups is 2. The molecule has 5 nitrogen and oxygen atoms in total. The predicted octanol–water partition coefficient (Wildman–Crippen LogP) is 7.82. The van der Waals surface area contributed by atoms with Crippen LogP contribution in [0.25, 0.3) is 12.2 Å². The van der Waals surface area contributed by atoms with Crippen LogP contribution >= 0.6 is 0 Å². The summed E-state index contributed by atoms with van der Waals surface area (Å²) in [4.78, 5) is 25.6. The summed E-state index contributed by atoms with van der Waals surface area (Å²) in [7, 11) is 0. The molecule has 1 amide bonds. The van der Waals surface area contributed by atoms with Gasteiger partial charge in [-0.25, -0.2) is 0 Å². The molecule has 0 saturated heterocycles. The second-order valence-corrected chi connectivity index (χ2v) is 9.38. The van der Waals surface area contributed by atoms with Gasteiger partial charge in [0.15, 0.2) is 12.4 Å². The van der Waals surface area contributed by atoms with Crippen molar-refractivity contribution in [1.29, 1.82) is 0 Å². The summed E-state index contributed by atoms with van der Waals surface area (Å²) in [5, 5.41) is 3.00. The summed E-state index contributed by atoms with van der Waals surface area (Å²) in [6.07, 6.45) is 8.87. The number of ether oxygens (including phenoxy) is 2. The van der Waals surface area contributed by atoms with Crippen LogP contribution in [0.3, 0.4) is 0 Å². The number of amides is 1. The van der Waals surface area contributed by atoms with Crippen LogP contribution in [0.1, 0.15) is 46.5 Å². The molecule has 0 radical (unpaired) electrons. The summed E-state index contributed by atoms with van der Waals surface area (Å²) in [5.41, 5.74) is 5.41. The van der Waals surface area contributed by atoms with Crippen molar-refractivity contribution in [2.24, 2.45) is 0 Å². The van der Waals surface area contributed by atoms with Crippen LogP contribution in [-0.2, 0) is 17.6 Å². The van der Waals surface area contributed by atoms with Gasteiger partial charge in [-0.2, -0.15) is 0 Å². The average molecular weight is 546 g/mol. The van der Waals surface area contributed by atoms with E-state index in [1.54, 1.807) is 30.3 Å². The van der Waals surface area contributed by atoms with Crippen molar-refractivity contribution in [3.05, 3.63) is 137 Å². The van der Waals surface area contributed by atoms with Crippen LogP contribution in [0.4, 0.5) is 5.69 Å². The lowest BCUT2D eigenvalue weighted by molar-refractivity contribution is -0.118. The molecule has 0 aliphatic heterocycles. The Morgan fingerprint density at radius 1 is 0.756 bits per heavy atom. The third kappa shape index (κ3) is 8.54. The number of ketones is 1. The average Bonchev–Trinajstić information content (AvgIpc) is 3.02. The zero-order valence-electron chi connectivity index (χ0n) is 23.5. The first-order chi connectivity index (χ1) is 20.1. The molecule has 0 unspecified atom stereocenters. The summed E-state index contributed by atoms with van der Waals surface area (Å²) in [6.45, 7) is 4.38. The maximum Gasteiger partial charge on any atom is 0.262 e. The molecule has 4 aromatic carbocycles. The Morgan fingerprint density at radius 3 is 2.22 bits per heavy atom. The molecule has 4 aromatic rings. The van der Waals surface area contributed by atoms with Crippen molar-refractivity contribution >= 4 is 29.5 Å². The first kappa shape index (κ1) is 29.1. The molecule has 0 heterocycles. The van der Waals surface area contributed by atoms with Crippen molar-refractivity contribution in [3.8, 4) is 11.5 Å². The van der Waals surface area contributed by atoms with Crippen LogP contribution in [0, 0.1) is 0 Å². The van der Waals surface area contributed by atoms with Crippen LogP contribution in [0.5, 0.6) is 11.5 Å². The zero-order chi connectivity index (χ0) is 28.9. The molecule has 0 atom stereocenters. The fourth-order valence-corrected chi connectivity index (χ4v) is 4.36. The molecule has 0 aliphatic carbocycles. The molecule has 0 saturated carbocycles. The Morgan fingerprint density at radius 2 is 1.46 bits per heavy atom. The van der Waals surface area contributed by atoms with E-state index in [0.717, 1.165) is 40.8 Å². The quantitative estimate of drug-likeness (QED) is 0.137. The molecule has 0 aromatic heterocycles. The maximum atomic E-state index is 12.9. The van der Waals surface area contributed by atoms with Crippen LogP contribution in [0.2, 0.25) is 0 Å². The van der Waals surface area contributed by atoms with Gasteiger partial charge in [0, 0.05) is 16.8 Å². The van der Waals surface area contributed by atoms with Gasteiger partial charge in [-0.05, 0) is 66.0 Å². The van der Waals surface area contributed by atoms with E-state index in [1.165, 1.54) is 6.08 Å². The number of hydrogen-bond donors (Lipinski definition) is 1. The van der Waals surface area contributed by atoms with E-state index in [-0.39, 0.29) is 18.3 Å². The SMILES string of the molecule is CCc1cccc(CC)c1NC(=O)COc1cccc(C(=O)C=Cc2ccccc2OCC=Cc2ccccc2)c1. The topological polar surface area (TPSA) is 64.6 Å². The normalized spacial score (nSPS) is 11.1. The minimum Gasteiger partial charge on any atom is -0.489 e. The summed E-state index contributed by atoms with van der Waals surface area (Å²) in [6, 6.07) is 30.5. The number of hydrogen-bond acceptors (Lipinski definition) is 4. The third-order valence-corrected chi connectivity index (χ3v) is 6.53. The smallest absolute Gasteiger partial charge is 0.262 e. The van der Waals surface area contributed by atoms with Gasteiger partial charge >= 0.3 is 0 Å². The third-order valence-electron chi connectivity index (χ3n) is 6.53. The molecule has 41 heavy (non-hydrogen) atoms. The van der Waals surface area contributed by atoms with Gasteiger partial charge < -0.3 is 14.8 Å². The minimum absolute atomic E-state index is 0.155. The first-order valence-electron chi connectivity index (χ1n) is 13.9. The van der Waals surface area contributed by atoms with E-state index in [1.807, 2.05) is 84.9 Å². The van der Waals surface area contributed by atoms with Crippen LogP contribution in [0.15, 0.2) is 109 Å². The van der Waals surface area contributed by atoms with E-state index in [2.05, 4.69) is 19.2 Å². The van der Waals surface area contributed by atoms with E-state index >= 15 is 0 Å². The molecule has 4 rings (SSSR count). The Hall–Kier alpha value is -4.90. The highest BCUT2D eigenvalue weighted by Gasteiger charge is 2.11. The largest absolute Gasteiger partial charge is 0.489 e. The fourth-order valence-electron chi connectivity index (χ4n) is 4.36. The highest BCUT2D eigenvalue weighted by molar-refractivity contribution is 6.07. The van der Waals surface area contributed by atoms with Crippen molar-refractivity contribution in [1.82, 2.24) is 0 Å². The molecule has 0 fully saturated rings. The number of rotatable bonds is 13. The van der Waals surface area contributed by atoms with Crippen molar-refractivity contribution in [2.45, 2.75) is 26.7 Å². The summed E-state index contributed by atoms with van der Waals surface area (Å²) in [5.74, 6) is 0.719. The lowest BCUT2D eigenvalue weighted by atomic mass is 10.0. The molecule has 0 aliphatic rings. The molecule has 1 N–H and O–H groups in total. The second-order valence-electron chi connectivity index (χ2n) is 9.38. The summed E-state index contributed by atoms with van der Waals surface area (Å²) < 4.78 is 11.7. The Kier molecular flexibility index (Phi) is 10.7. The molecule has 208 valence electrons. The number of anilines is 1. The van der Waals surface area contributed by atoms with Crippen LogP contribution in [-0.4, -0.2) is 24.9 Å². The van der Waals surface area contributed by atoms with Crippen molar-refractivity contribution in [3.63, 3.8) is 0 Å². The summed E-state index contributed by atoms with van der Waals surface area (Å²) >= 11 is 0. The molecule has 0 bridgehead atoms. The first-order valence-corrected chi connectivity index (χ1v) is 13.9. The second kappa shape index (κ2) is 15.0. The molecular weight excluding hydrogens is 510 g/mol. The number of carbonyl (C=O) groups excluding carboxylic acids is 2. The van der Waals surface area contributed by atoms with Gasteiger partial charge in [0.1, 0.15) is 18.1 Å². The fraction of sp³-hybridized carbons (Fsp3) is 0.167. The Labute approximate surface area is 242 Å². The van der Waals surface area contributed by atoms with E-state index < -0.39 is 0 Å². The van der Waals surface area contributed by atoms with Gasteiger partial charge in [0.2, 0.25) is 0 Å². The van der Waals surface area contributed by atoms with Gasteiger partial charge in [0.05, 0.1) is 0 Å². The predicted molar refractivity (Wildman–Crippen MR) is 167 cm³/mol. The van der Waals surface area contributed by atoms with Gasteiger partial charge in [-0.1, -0.05) is 98.8 Å². The van der Waals surface area contributed by atoms with Crippen molar-refractivity contribution < 1.29 is 19.1 Å².